The highest BCUT2D eigenvalue weighted by molar-refractivity contribution is 5.85. The van der Waals surface area contributed by atoms with Crippen molar-refractivity contribution in [3.63, 3.8) is 0 Å². The number of halogens is 3. The molecule has 0 radical (unpaired) electrons. The van der Waals surface area contributed by atoms with Gasteiger partial charge in [0.25, 0.3) is 0 Å². The van der Waals surface area contributed by atoms with Gasteiger partial charge in [-0.3, -0.25) is 4.79 Å². The molecule has 4 atom stereocenters. The van der Waals surface area contributed by atoms with E-state index in [-0.39, 0.29) is 48.5 Å². The van der Waals surface area contributed by atoms with Crippen LogP contribution in [0.4, 0.5) is 4.39 Å². The molecule has 144 valence electrons. The maximum atomic E-state index is 13.8. The standard InChI is InChI=1S/C18H23FN4O.2ClH/c1-23-13-4-2-3-12(19)17(13)22-14(23)7-8-21-18(24)15-10-5-6-11(9-10)16(15)20;;/h2-4,10-11,15-16H,5-9,20H2,1H3,(H,21,24);2*1H. The Morgan fingerprint density at radius 2 is 2.08 bits per heavy atom. The van der Waals surface area contributed by atoms with E-state index in [0.29, 0.717) is 30.3 Å². The van der Waals surface area contributed by atoms with Crippen molar-refractivity contribution in [2.24, 2.45) is 30.5 Å². The summed E-state index contributed by atoms with van der Waals surface area (Å²) in [5.41, 5.74) is 7.38. The molecule has 8 heteroatoms. The van der Waals surface area contributed by atoms with Crippen molar-refractivity contribution < 1.29 is 9.18 Å². The van der Waals surface area contributed by atoms with Crippen molar-refractivity contribution in [1.82, 2.24) is 14.9 Å². The SMILES string of the molecule is Cl.Cl.Cn1c(CCNC(=O)C2C3CCC(C3)C2N)nc2c(F)cccc21. The largest absolute Gasteiger partial charge is 0.355 e. The van der Waals surface area contributed by atoms with Gasteiger partial charge in [0.2, 0.25) is 5.91 Å². The van der Waals surface area contributed by atoms with Gasteiger partial charge in [-0.25, -0.2) is 9.37 Å². The minimum absolute atomic E-state index is 0. The fourth-order valence-corrected chi connectivity index (χ4v) is 4.59. The van der Waals surface area contributed by atoms with Crippen molar-refractivity contribution in [2.45, 2.75) is 31.7 Å². The van der Waals surface area contributed by atoms with Gasteiger partial charge >= 0.3 is 0 Å². The number of aryl methyl sites for hydroxylation is 1. The monoisotopic (exact) mass is 402 g/mol. The number of nitrogens with one attached hydrogen (secondary N) is 1. The average molecular weight is 403 g/mol. The second-order valence-electron chi connectivity index (χ2n) is 7.17. The highest BCUT2D eigenvalue weighted by Crippen LogP contribution is 2.47. The fourth-order valence-electron chi connectivity index (χ4n) is 4.59. The Balaban J connectivity index is 0.00000121. The first-order valence-electron chi connectivity index (χ1n) is 8.69. The third-order valence-electron chi connectivity index (χ3n) is 5.89. The van der Waals surface area contributed by atoms with Crippen molar-refractivity contribution in [3.05, 3.63) is 29.8 Å². The zero-order valence-electron chi connectivity index (χ0n) is 14.7. The summed E-state index contributed by atoms with van der Waals surface area (Å²) in [6, 6.07) is 4.95. The number of amides is 1. The number of aromatic nitrogens is 2. The number of para-hydroxylation sites is 1. The Labute approximate surface area is 164 Å². The van der Waals surface area contributed by atoms with E-state index in [2.05, 4.69) is 10.3 Å². The number of imidazole rings is 1. The van der Waals surface area contributed by atoms with Crippen LogP contribution in [0, 0.1) is 23.6 Å². The zero-order valence-corrected chi connectivity index (χ0v) is 16.3. The molecule has 4 unspecified atom stereocenters. The highest BCUT2D eigenvalue weighted by atomic mass is 35.5. The molecule has 2 aromatic rings. The first kappa shape index (κ1) is 20.9. The summed E-state index contributed by atoms with van der Waals surface area (Å²) in [4.78, 5) is 16.8. The number of carbonyl (C=O) groups is 1. The van der Waals surface area contributed by atoms with Crippen LogP contribution in [-0.4, -0.2) is 28.0 Å². The molecule has 2 fully saturated rings. The lowest BCUT2D eigenvalue weighted by molar-refractivity contribution is -0.127. The molecule has 26 heavy (non-hydrogen) atoms. The van der Waals surface area contributed by atoms with E-state index in [1.54, 1.807) is 6.07 Å². The van der Waals surface area contributed by atoms with Crippen molar-refractivity contribution in [3.8, 4) is 0 Å². The molecular weight excluding hydrogens is 378 g/mol. The third-order valence-corrected chi connectivity index (χ3v) is 5.89. The van der Waals surface area contributed by atoms with Crippen LogP contribution in [0.15, 0.2) is 18.2 Å². The summed E-state index contributed by atoms with van der Waals surface area (Å²) >= 11 is 0. The predicted octanol–water partition coefficient (Wildman–Crippen LogP) is 2.59. The second kappa shape index (κ2) is 8.11. The van der Waals surface area contributed by atoms with Gasteiger partial charge in [0.05, 0.1) is 11.4 Å². The molecule has 0 aliphatic heterocycles. The van der Waals surface area contributed by atoms with Crippen LogP contribution in [0.1, 0.15) is 25.1 Å². The van der Waals surface area contributed by atoms with E-state index in [1.807, 2.05) is 17.7 Å². The summed E-state index contributed by atoms with van der Waals surface area (Å²) in [6.07, 6.45) is 3.97. The van der Waals surface area contributed by atoms with Crippen LogP contribution >= 0.6 is 24.8 Å². The number of nitrogens with two attached hydrogens (primary N) is 1. The van der Waals surface area contributed by atoms with Crippen LogP contribution in [0.2, 0.25) is 0 Å². The molecule has 4 rings (SSSR count). The van der Waals surface area contributed by atoms with E-state index >= 15 is 0 Å². The van der Waals surface area contributed by atoms with E-state index < -0.39 is 0 Å². The van der Waals surface area contributed by atoms with Gasteiger partial charge in [0, 0.05) is 26.1 Å². The van der Waals surface area contributed by atoms with Crippen LogP contribution in [-0.2, 0) is 18.3 Å². The summed E-state index contributed by atoms with van der Waals surface area (Å²) in [7, 11) is 1.87. The van der Waals surface area contributed by atoms with Gasteiger partial charge in [-0.1, -0.05) is 6.07 Å². The van der Waals surface area contributed by atoms with E-state index in [9.17, 15) is 9.18 Å². The minimum atomic E-state index is -0.314. The molecule has 0 spiro atoms. The van der Waals surface area contributed by atoms with Gasteiger partial charge in [-0.2, -0.15) is 0 Å². The second-order valence-corrected chi connectivity index (χ2v) is 7.17. The Kier molecular flexibility index (Phi) is 6.53. The Morgan fingerprint density at radius 3 is 2.73 bits per heavy atom. The molecule has 2 aliphatic carbocycles. The lowest BCUT2D eigenvalue weighted by Crippen LogP contribution is -2.45. The van der Waals surface area contributed by atoms with E-state index in [4.69, 9.17) is 5.73 Å². The van der Waals surface area contributed by atoms with Gasteiger partial charge < -0.3 is 15.6 Å². The minimum Gasteiger partial charge on any atom is -0.355 e. The quantitative estimate of drug-likeness (QED) is 0.824. The van der Waals surface area contributed by atoms with Gasteiger partial charge in [0.1, 0.15) is 11.3 Å². The molecule has 5 nitrogen and oxygen atoms in total. The molecule has 1 aromatic carbocycles. The lowest BCUT2D eigenvalue weighted by Gasteiger charge is -2.26. The van der Waals surface area contributed by atoms with Gasteiger partial charge in [-0.15, -0.1) is 24.8 Å². The molecule has 3 N–H and O–H groups in total. The molecule has 2 bridgehead atoms. The molecule has 1 aromatic heterocycles. The predicted molar refractivity (Wildman–Crippen MR) is 104 cm³/mol. The first-order valence-corrected chi connectivity index (χ1v) is 8.69. The van der Waals surface area contributed by atoms with Crippen LogP contribution < -0.4 is 11.1 Å². The first-order chi connectivity index (χ1) is 11.6. The van der Waals surface area contributed by atoms with Crippen LogP contribution in [0.25, 0.3) is 11.0 Å². The number of benzene rings is 1. The molecule has 2 saturated carbocycles. The van der Waals surface area contributed by atoms with Gasteiger partial charge in [0.15, 0.2) is 5.82 Å². The lowest BCUT2D eigenvalue weighted by atomic mass is 9.84. The number of fused-ring (bicyclic) bond motifs is 3. The summed E-state index contributed by atoms with van der Waals surface area (Å²) in [6.45, 7) is 0.498. The van der Waals surface area contributed by atoms with E-state index in [0.717, 1.165) is 24.2 Å². The molecule has 0 saturated heterocycles. The summed E-state index contributed by atoms with van der Waals surface area (Å²) in [5, 5.41) is 3.01. The van der Waals surface area contributed by atoms with Crippen molar-refractivity contribution >= 4 is 41.8 Å². The molecule has 1 heterocycles. The smallest absolute Gasteiger partial charge is 0.224 e. The normalized spacial score (nSPS) is 26.4. The summed E-state index contributed by atoms with van der Waals surface area (Å²) < 4.78 is 15.7. The number of rotatable bonds is 4. The molecule has 2 aliphatic rings. The third kappa shape index (κ3) is 3.42. The zero-order chi connectivity index (χ0) is 16.8. The Bertz CT molecular complexity index is 795. The van der Waals surface area contributed by atoms with E-state index in [1.165, 1.54) is 12.5 Å². The Hall–Kier alpha value is -1.37. The number of hydrogen-bond donors (Lipinski definition) is 2. The summed E-state index contributed by atoms with van der Waals surface area (Å²) in [5.74, 6) is 1.46. The van der Waals surface area contributed by atoms with Gasteiger partial charge in [-0.05, 0) is 43.2 Å². The number of hydrogen-bond acceptors (Lipinski definition) is 3. The van der Waals surface area contributed by atoms with Crippen LogP contribution in [0.3, 0.4) is 0 Å². The number of carbonyl (C=O) groups excluding carboxylic acids is 1. The topological polar surface area (TPSA) is 72.9 Å². The molecular formula is C18H25Cl2FN4O. The highest BCUT2D eigenvalue weighted by Gasteiger charge is 2.48. The molecule has 1 amide bonds. The average Bonchev–Trinajstić information content (AvgIpc) is 3.23. The maximum Gasteiger partial charge on any atom is 0.224 e. The Morgan fingerprint density at radius 1 is 1.35 bits per heavy atom. The van der Waals surface area contributed by atoms with Crippen LogP contribution in [0.5, 0.6) is 0 Å². The van der Waals surface area contributed by atoms with Crippen molar-refractivity contribution in [1.29, 1.82) is 0 Å². The number of nitrogens with zero attached hydrogens (tertiary/aromatic N) is 2. The fraction of sp³-hybridized carbons (Fsp3) is 0.556. The maximum absolute atomic E-state index is 13.8. The van der Waals surface area contributed by atoms with Crippen molar-refractivity contribution in [2.75, 3.05) is 6.54 Å².